The Morgan fingerprint density at radius 3 is 1.55 bits per heavy atom. The summed E-state index contributed by atoms with van der Waals surface area (Å²) in [6.45, 7) is 0.491. The van der Waals surface area contributed by atoms with Crippen LogP contribution < -0.4 is 0 Å². The predicted molar refractivity (Wildman–Crippen MR) is 153 cm³/mol. The molecule has 4 nitrogen and oxygen atoms in total. The van der Waals surface area contributed by atoms with Gasteiger partial charge in [0.15, 0.2) is 0 Å². The first-order valence-electron chi connectivity index (χ1n) is 16.8. The highest BCUT2D eigenvalue weighted by atomic mass is 16.7. The molecule has 5 fully saturated rings. The Kier molecular flexibility index (Phi) is 11.5. The smallest absolute Gasteiger partial charge is 0.309 e. The maximum Gasteiger partial charge on any atom is 0.309 e. The molecule has 216 valence electrons. The molecule has 0 amide bonds. The summed E-state index contributed by atoms with van der Waals surface area (Å²) in [4.78, 5) is 12.9. The molecule has 0 heterocycles. The first kappa shape index (κ1) is 28.7. The number of hydrogen-bond donors (Lipinski definition) is 0. The first-order valence-corrected chi connectivity index (χ1v) is 16.8. The Hall–Kier alpha value is -0.870. The average molecular weight is 529 g/mol. The van der Waals surface area contributed by atoms with Crippen LogP contribution in [0.4, 0.5) is 0 Å². The van der Waals surface area contributed by atoms with Crippen molar-refractivity contribution in [1.82, 2.24) is 0 Å². The number of carbonyl (C=O) groups excluding carboxylic acids is 1. The number of allylic oxidation sites excluding steroid dienone is 2. The van der Waals surface area contributed by atoms with Crippen LogP contribution in [0, 0.1) is 29.6 Å². The van der Waals surface area contributed by atoms with Crippen molar-refractivity contribution < 1.29 is 19.0 Å². The molecule has 4 heteroatoms. The maximum atomic E-state index is 12.9. The van der Waals surface area contributed by atoms with E-state index in [4.69, 9.17) is 14.2 Å². The zero-order chi connectivity index (χ0) is 26.0. The Balaban J connectivity index is 0.917. The quantitative estimate of drug-likeness (QED) is 0.170. The van der Waals surface area contributed by atoms with Crippen LogP contribution in [0.2, 0.25) is 0 Å². The summed E-state index contributed by atoms with van der Waals surface area (Å²) in [5.74, 6) is 3.48. The zero-order valence-electron chi connectivity index (χ0n) is 24.2. The molecule has 5 aliphatic carbocycles. The van der Waals surface area contributed by atoms with Gasteiger partial charge in [-0.3, -0.25) is 4.79 Å². The predicted octanol–water partition coefficient (Wildman–Crippen LogP) is 8.91. The lowest BCUT2D eigenvalue weighted by molar-refractivity contribution is -0.157. The molecule has 5 aliphatic rings. The van der Waals surface area contributed by atoms with Crippen LogP contribution in [-0.4, -0.2) is 31.1 Å². The Labute approximate surface area is 233 Å². The van der Waals surface area contributed by atoms with Crippen LogP contribution in [-0.2, 0) is 19.0 Å². The van der Waals surface area contributed by atoms with Crippen LogP contribution >= 0.6 is 0 Å². The van der Waals surface area contributed by atoms with Crippen molar-refractivity contribution in [2.75, 3.05) is 6.79 Å². The summed E-state index contributed by atoms with van der Waals surface area (Å²) in [5, 5.41) is 0. The molecule has 0 saturated heterocycles. The molecule has 0 aromatic rings. The van der Waals surface area contributed by atoms with Gasteiger partial charge < -0.3 is 14.2 Å². The van der Waals surface area contributed by atoms with E-state index in [1.165, 1.54) is 103 Å². The van der Waals surface area contributed by atoms with Gasteiger partial charge in [0.05, 0.1) is 18.1 Å². The highest BCUT2D eigenvalue weighted by Crippen LogP contribution is 2.40. The molecule has 5 rings (SSSR count). The van der Waals surface area contributed by atoms with Gasteiger partial charge in [0, 0.05) is 0 Å². The molecule has 0 radical (unpaired) electrons. The fourth-order valence-electron chi connectivity index (χ4n) is 8.32. The van der Waals surface area contributed by atoms with Crippen molar-refractivity contribution in [2.45, 2.75) is 160 Å². The highest BCUT2D eigenvalue weighted by Gasteiger charge is 2.33. The lowest BCUT2D eigenvalue weighted by atomic mass is 9.71. The number of rotatable bonds is 9. The van der Waals surface area contributed by atoms with Gasteiger partial charge in [-0.2, -0.15) is 0 Å². The standard InChI is InChI=1S/C34H56O4/c35-34(30-19-17-29(18-20-30)28-7-3-1-4-8-28)38-33-23-15-27(16-24-33)12-11-26-13-21-32(22-14-26)37-25-36-31-9-5-2-6-10-31/h11-12,26-33H,1-10,13-25H2. The van der Waals surface area contributed by atoms with E-state index in [1.807, 2.05) is 0 Å². The molecular formula is C34H56O4. The number of esters is 1. The third-order valence-corrected chi connectivity index (χ3v) is 11.0. The fourth-order valence-corrected chi connectivity index (χ4v) is 8.32. The second-order valence-electron chi connectivity index (χ2n) is 13.6. The molecule has 0 atom stereocenters. The van der Waals surface area contributed by atoms with Gasteiger partial charge >= 0.3 is 5.97 Å². The summed E-state index contributed by atoms with van der Waals surface area (Å²) in [5.41, 5.74) is 0. The topological polar surface area (TPSA) is 44.8 Å². The van der Waals surface area contributed by atoms with Gasteiger partial charge in [-0.25, -0.2) is 0 Å². The van der Waals surface area contributed by atoms with Crippen LogP contribution in [0.3, 0.4) is 0 Å². The molecule has 0 bridgehead atoms. The van der Waals surface area contributed by atoms with Gasteiger partial charge in [-0.05, 0) is 114 Å². The van der Waals surface area contributed by atoms with E-state index in [0.717, 1.165) is 50.4 Å². The van der Waals surface area contributed by atoms with Gasteiger partial charge in [-0.15, -0.1) is 0 Å². The van der Waals surface area contributed by atoms with Crippen LogP contribution in [0.15, 0.2) is 12.2 Å². The lowest BCUT2D eigenvalue weighted by Crippen LogP contribution is -2.31. The van der Waals surface area contributed by atoms with Gasteiger partial charge in [0.1, 0.15) is 12.9 Å². The second kappa shape index (κ2) is 15.2. The summed E-state index contributed by atoms with van der Waals surface area (Å²) in [7, 11) is 0. The van der Waals surface area contributed by atoms with Gasteiger partial charge in [0.2, 0.25) is 0 Å². The van der Waals surface area contributed by atoms with Gasteiger partial charge in [-0.1, -0.05) is 63.5 Å². The third-order valence-electron chi connectivity index (χ3n) is 11.0. The van der Waals surface area contributed by atoms with Crippen molar-refractivity contribution in [2.24, 2.45) is 29.6 Å². The molecule has 0 spiro atoms. The van der Waals surface area contributed by atoms with Crippen LogP contribution in [0.5, 0.6) is 0 Å². The minimum Gasteiger partial charge on any atom is -0.462 e. The molecule has 0 aromatic carbocycles. The second-order valence-corrected chi connectivity index (χ2v) is 13.6. The molecule has 5 saturated carbocycles. The summed E-state index contributed by atoms with van der Waals surface area (Å²) in [6.07, 6.45) is 33.4. The SMILES string of the molecule is O=C(OC1CCC(C=CC2CCC(OCOC3CCCCC3)CC2)CC1)C1CCC(C2CCCCC2)CC1. The Morgan fingerprint density at radius 2 is 0.974 bits per heavy atom. The van der Waals surface area contributed by atoms with Crippen molar-refractivity contribution in [3.05, 3.63) is 12.2 Å². The van der Waals surface area contributed by atoms with Gasteiger partial charge in [0.25, 0.3) is 0 Å². The lowest BCUT2D eigenvalue weighted by Gasteiger charge is -2.36. The van der Waals surface area contributed by atoms with Crippen LogP contribution in [0.1, 0.15) is 141 Å². The summed E-state index contributed by atoms with van der Waals surface area (Å²) in [6, 6.07) is 0. The average Bonchev–Trinajstić information content (AvgIpc) is 2.98. The molecule has 0 aromatic heterocycles. The Morgan fingerprint density at radius 1 is 0.500 bits per heavy atom. The monoisotopic (exact) mass is 528 g/mol. The normalized spacial score (nSPS) is 36.3. The van der Waals surface area contributed by atoms with E-state index in [2.05, 4.69) is 12.2 Å². The summed E-state index contributed by atoms with van der Waals surface area (Å²) >= 11 is 0. The minimum atomic E-state index is 0.120. The molecule has 38 heavy (non-hydrogen) atoms. The first-order chi connectivity index (χ1) is 18.7. The molecule has 0 aliphatic heterocycles. The van der Waals surface area contributed by atoms with E-state index in [0.29, 0.717) is 30.8 Å². The third kappa shape index (κ3) is 8.82. The number of ether oxygens (including phenoxy) is 3. The van der Waals surface area contributed by atoms with Crippen molar-refractivity contribution in [1.29, 1.82) is 0 Å². The number of hydrogen-bond acceptors (Lipinski definition) is 4. The van der Waals surface area contributed by atoms with E-state index in [-0.39, 0.29) is 18.0 Å². The van der Waals surface area contributed by atoms with E-state index < -0.39 is 0 Å². The zero-order valence-corrected chi connectivity index (χ0v) is 24.2. The van der Waals surface area contributed by atoms with Crippen LogP contribution in [0.25, 0.3) is 0 Å². The fraction of sp³-hybridized carbons (Fsp3) is 0.912. The molecular weight excluding hydrogens is 472 g/mol. The van der Waals surface area contributed by atoms with E-state index in [9.17, 15) is 4.79 Å². The van der Waals surface area contributed by atoms with Crippen molar-refractivity contribution in [3.8, 4) is 0 Å². The largest absolute Gasteiger partial charge is 0.462 e. The van der Waals surface area contributed by atoms with Crippen molar-refractivity contribution in [3.63, 3.8) is 0 Å². The molecule has 0 N–H and O–H groups in total. The number of carbonyl (C=O) groups is 1. The summed E-state index contributed by atoms with van der Waals surface area (Å²) < 4.78 is 18.1. The molecule has 0 unspecified atom stereocenters. The Bertz CT molecular complexity index is 698. The minimum absolute atomic E-state index is 0.120. The van der Waals surface area contributed by atoms with E-state index >= 15 is 0 Å². The van der Waals surface area contributed by atoms with E-state index in [1.54, 1.807) is 0 Å². The highest BCUT2D eigenvalue weighted by molar-refractivity contribution is 5.72. The maximum absolute atomic E-state index is 12.9. The van der Waals surface area contributed by atoms with Crippen molar-refractivity contribution >= 4 is 5.97 Å².